The van der Waals surface area contributed by atoms with Crippen LogP contribution in [0.2, 0.25) is 0 Å². The van der Waals surface area contributed by atoms with Gasteiger partial charge in [0.2, 0.25) is 5.91 Å². The smallest absolute Gasteiger partial charge is 0.269 e. The number of aliphatic hydroxyl groups excluding tert-OH is 3. The summed E-state index contributed by atoms with van der Waals surface area (Å²) in [5.41, 5.74) is -0.251. The van der Waals surface area contributed by atoms with E-state index in [4.69, 9.17) is 0 Å². The molecule has 0 aromatic rings. The van der Waals surface area contributed by atoms with Crippen molar-refractivity contribution in [1.29, 1.82) is 0 Å². The minimum Gasteiger partial charge on any atom is -0.393 e. The maximum atomic E-state index is 13.0. The zero-order valence-corrected chi connectivity index (χ0v) is 24.2. The molecule has 38 heavy (non-hydrogen) atoms. The number of likely N-dealkylation sites (tertiary alicyclic amines) is 1. The first-order valence-electron chi connectivity index (χ1n) is 15.0. The Morgan fingerprint density at radius 2 is 1.76 bits per heavy atom. The van der Waals surface area contributed by atoms with Gasteiger partial charge in [0.1, 0.15) is 5.25 Å². The first-order chi connectivity index (χ1) is 17.8. The van der Waals surface area contributed by atoms with E-state index in [-0.39, 0.29) is 59.0 Å². The molecule has 1 saturated heterocycles. The number of nitrogens with zero attached hydrogens (tertiary/aromatic N) is 1. The molecule has 5 aliphatic rings. The third kappa shape index (κ3) is 4.76. The summed E-state index contributed by atoms with van der Waals surface area (Å²) in [6.07, 6.45) is 6.77. The quantitative estimate of drug-likeness (QED) is 0.383. The summed E-state index contributed by atoms with van der Waals surface area (Å²) in [6.45, 7) is 7.33. The fourth-order valence-corrected chi connectivity index (χ4v) is 11.1. The highest BCUT2D eigenvalue weighted by Gasteiger charge is 2.65. The lowest BCUT2D eigenvalue weighted by atomic mass is 9.43. The standard InChI is InChI=1S/C29H49NO7S/c1-17(6-9-26(34)30-12-4-5-20(16-30)38(35,36)37)21-7-8-22-27-23(15-25(33)29(21,22)3)28(2)11-10-19(31)13-18(28)14-24(27)32/h17-25,27,31-33H,4-16H2,1-3H3,(H,35,36,37)/t17-,18+,19-,20+,21-,22+,23+,24-,25+,27+,28+,29-/m1/s1. The Morgan fingerprint density at radius 1 is 1.03 bits per heavy atom. The number of piperidine rings is 1. The summed E-state index contributed by atoms with van der Waals surface area (Å²) >= 11 is 0. The second kappa shape index (κ2) is 10.3. The number of amides is 1. The SMILES string of the molecule is C[C@H](CCC(=O)N1CCC[C@H](S(=O)(=O)O)C1)[C@H]1CC[C@H]2[C@@H]3[C@H](O)C[C@@H]4C[C@H](O)CC[C@]4(C)[C@H]3C[C@H](O)[C@]12C. The Bertz CT molecular complexity index is 1000. The van der Waals surface area contributed by atoms with Gasteiger partial charge in [-0.25, -0.2) is 0 Å². The largest absolute Gasteiger partial charge is 0.393 e. The van der Waals surface area contributed by atoms with E-state index >= 15 is 0 Å². The molecule has 12 atom stereocenters. The fraction of sp³-hybridized carbons (Fsp3) is 0.966. The van der Waals surface area contributed by atoms with Crippen LogP contribution in [0, 0.1) is 46.3 Å². The maximum Gasteiger partial charge on any atom is 0.269 e. The van der Waals surface area contributed by atoms with E-state index < -0.39 is 27.6 Å². The third-order valence-corrected chi connectivity index (χ3v) is 13.7. The number of hydrogen-bond acceptors (Lipinski definition) is 6. The van der Waals surface area contributed by atoms with Crippen LogP contribution in [0.5, 0.6) is 0 Å². The molecule has 8 nitrogen and oxygen atoms in total. The highest BCUT2D eigenvalue weighted by molar-refractivity contribution is 7.86. The van der Waals surface area contributed by atoms with E-state index in [0.29, 0.717) is 44.6 Å². The lowest BCUT2D eigenvalue weighted by Crippen LogP contribution is -2.62. The number of carbonyl (C=O) groups excluding carboxylic acids is 1. The number of hydrogen-bond donors (Lipinski definition) is 4. The molecule has 0 bridgehead atoms. The van der Waals surface area contributed by atoms with E-state index in [1.807, 2.05) is 0 Å². The van der Waals surface area contributed by atoms with Gasteiger partial charge in [0, 0.05) is 19.5 Å². The van der Waals surface area contributed by atoms with Gasteiger partial charge in [0.15, 0.2) is 0 Å². The minimum atomic E-state index is -4.15. The highest BCUT2D eigenvalue weighted by Crippen LogP contribution is 2.68. The Hall–Kier alpha value is -0.740. The molecule has 218 valence electrons. The Morgan fingerprint density at radius 3 is 2.47 bits per heavy atom. The zero-order chi connectivity index (χ0) is 27.6. The Labute approximate surface area is 228 Å². The average Bonchev–Trinajstić information content (AvgIpc) is 3.22. The van der Waals surface area contributed by atoms with Crippen molar-refractivity contribution in [2.45, 2.75) is 115 Å². The monoisotopic (exact) mass is 555 g/mol. The zero-order valence-electron chi connectivity index (χ0n) is 23.3. The molecule has 4 saturated carbocycles. The van der Waals surface area contributed by atoms with Crippen LogP contribution in [-0.4, -0.2) is 75.7 Å². The van der Waals surface area contributed by atoms with Gasteiger partial charge in [-0.05, 0) is 111 Å². The minimum absolute atomic E-state index is 0.0515. The molecule has 1 aliphatic heterocycles. The average molecular weight is 556 g/mol. The summed E-state index contributed by atoms with van der Waals surface area (Å²) in [4.78, 5) is 14.6. The van der Waals surface area contributed by atoms with E-state index in [9.17, 15) is 33.1 Å². The van der Waals surface area contributed by atoms with Crippen molar-refractivity contribution >= 4 is 16.0 Å². The van der Waals surface area contributed by atoms with Crippen LogP contribution in [0.25, 0.3) is 0 Å². The molecule has 4 aliphatic carbocycles. The number of carbonyl (C=O) groups is 1. The second-order valence-corrected chi connectivity index (χ2v) is 15.9. The summed E-state index contributed by atoms with van der Waals surface area (Å²) in [6, 6.07) is 0. The van der Waals surface area contributed by atoms with Crippen molar-refractivity contribution < 1.29 is 33.1 Å². The molecular weight excluding hydrogens is 506 g/mol. The lowest BCUT2D eigenvalue weighted by Gasteiger charge is -2.63. The van der Waals surface area contributed by atoms with Crippen LogP contribution in [0.1, 0.15) is 91.4 Å². The molecule has 1 amide bonds. The molecular formula is C29H49NO7S. The van der Waals surface area contributed by atoms with Crippen LogP contribution in [-0.2, 0) is 14.9 Å². The molecule has 0 aromatic carbocycles. The van der Waals surface area contributed by atoms with Crippen molar-refractivity contribution in [3.8, 4) is 0 Å². The molecule has 0 aromatic heterocycles. The Balaban J connectivity index is 1.26. The van der Waals surface area contributed by atoms with Crippen LogP contribution in [0.3, 0.4) is 0 Å². The van der Waals surface area contributed by atoms with Crippen LogP contribution < -0.4 is 0 Å². The third-order valence-electron chi connectivity index (χ3n) is 12.5. The lowest BCUT2D eigenvalue weighted by molar-refractivity contribution is -0.207. The molecule has 0 unspecified atom stereocenters. The van der Waals surface area contributed by atoms with Crippen LogP contribution in [0.15, 0.2) is 0 Å². The predicted molar refractivity (Wildman–Crippen MR) is 144 cm³/mol. The number of rotatable bonds is 5. The molecule has 0 radical (unpaired) electrons. The summed E-state index contributed by atoms with van der Waals surface area (Å²) in [5, 5.41) is 32.6. The molecule has 0 spiro atoms. The van der Waals surface area contributed by atoms with Crippen molar-refractivity contribution in [2.24, 2.45) is 46.3 Å². The van der Waals surface area contributed by atoms with Gasteiger partial charge in [-0.3, -0.25) is 9.35 Å². The molecule has 4 N–H and O–H groups in total. The van der Waals surface area contributed by atoms with Gasteiger partial charge < -0.3 is 20.2 Å². The van der Waals surface area contributed by atoms with Crippen molar-refractivity contribution in [2.75, 3.05) is 13.1 Å². The van der Waals surface area contributed by atoms with E-state index in [0.717, 1.165) is 38.5 Å². The van der Waals surface area contributed by atoms with Gasteiger partial charge in [-0.2, -0.15) is 8.42 Å². The molecule has 9 heteroatoms. The highest BCUT2D eigenvalue weighted by atomic mass is 32.2. The predicted octanol–water partition coefficient (Wildman–Crippen LogP) is 3.24. The topological polar surface area (TPSA) is 135 Å². The Kier molecular flexibility index (Phi) is 7.78. The first-order valence-corrected chi connectivity index (χ1v) is 16.5. The normalized spacial score (nSPS) is 48.1. The van der Waals surface area contributed by atoms with E-state index in [1.54, 1.807) is 4.90 Å². The van der Waals surface area contributed by atoms with Gasteiger partial charge in [-0.1, -0.05) is 20.8 Å². The van der Waals surface area contributed by atoms with E-state index in [2.05, 4.69) is 20.8 Å². The molecule has 5 rings (SSSR count). The van der Waals surface area contributed by atoms with Gasteiger partial charge in [0.05, 0.1) is 18.3 Å². The second-order valence-electron chi connectivity index (χ2n) is 14.2. The number of aliphatic hydroxyl groups is 3. The molecule has 1 heterocycles. The molecule has 5 fully saturated rings. The van der Waals surface area contributed by atoms with Crippen molar-refractivity contribution in [3.05, 3.63) is 0 Å². The van der Waals surface area contributed by atoms with Gasteiger partial charge in [-0.15, -0.1) is 0 Å². The van der Waals surface area contributed by atoms with Crippen LogP contribution in [0.4, 0.5) is 0 Å². The summed E-state index contributed by atoms with van der Waals surface area (Å²) in [7, 11) is -4.15. The maximum absolute atomic E-state index is 13.0. The first kappa shape index (κ1) is 28.8. The van der Waals surface area contributed by atoms with Crippen LogP contribution >= 0.6 is 0 Å². The van der Waals surface area contributed by atoms with Crippen molar-refractivity contribution in [3.63, 3.8) is 0 Å². The van der Waals surface area contributed by atoms with Gasteiger partial charge in [0.25, 0.3) is 10.1 Å². The summed E-state index contributed by atoms with van der Waals surface area (Å²) in [5.74, 6) is 1.40. The van der Waals surface area contributed by atoms with Crippen molar-refractivity contribution in [1.82, 2.24) is 4.90 Å². The summed E-state index contributed by atoms with van der Waals surface area (Å²) < 4.78 is 32.6. The van der Waals surface area contributed by atoms with E-state index in [1.165, 1.54) is 0 Å². The fourth-order valence-electron chi connectivity index (χ4n) is 10.2. The number of fused-ring (bicyclic) bond motifs is 5. The van der Waals surface area contributed by atoms with Gasteiger partial charge >= 0.3 is 0 Å².